The molecule has 2 aromatic rings. The number of benzene rings is 1. The fourth-order valence-electron chi connectivity index (χ4n) is 2.74. The maximum atomic E-state index is 12.3. The van der Waals surface area contributed by atoms with Crippen LogP contribution in [0.2, 0.25) is 0 Å². The third-order valence-corrected chi connectivity index (χ3v) is 4.89. The fraction of sp³-hybridized carbons (Fsp3) is 0.278. The van der Waals surface area contributed by atoms with E-state index in [1.54, 1.807) is 24.3 Å². The van der Waals surface area contributed by atoms with Crippen molar-refractivity contribution >= 4 is 28.8 Å². The molecule has 0 aliphatic carbocycles. The summed E-state index contributed by atoms with van der Waals surface area (Å²) in [6.07, 6.45) is 0. The van der Waals surface area contributed by atoms with Crippen molar-refractivity contribution in [1.29, 1.82) is 5.26 Å². The first-order chi connectivity index (χ1) is 12.2. The molecule has 128 valence electrons. The van der Waals surface area contributed by atoms with Crippen LogP contribution in [-0.4, -0.2) is 54.3 Å². The zero-order valence-electron chi connectivity index (χ0n) is 13.6. The van der Waals surface area contributed by atoms with Gasteiger partial charge in [0, 0.05) is 31.9 Å². The van der Waals surface area contributed by atoms with E-state index in [-0.39, 0.29) is 18.4 Å². The molecule has 25 heavy (non-hydrogen) atoms. The van der Waals surface area contributed by atoms with Gasteiger partial charge in [-0.25, -0.2) is 0 Å². The molecule has 2 amide bonds. The quantitative estimate of drug-likeness (QED) is 0.911. The highest BCUT2D eigenvalue weighted by Gasteiger charge is 2.23. The maximum absolute atomic E-state index is 12.3. The Balaban J connectivity index is 1.48. The van der Waals surface area contributed by atoms with Gasteiger partial charge in [-0.2, -0.15) is 5.26 Å². The molecule has 3 rings (SSSR count). The summed E-state index contributed by atoms with van der Waals surface area (Å²) in [5.41, 5.74) is 1.13. The molecule has 0 bridgehead atoms. The standard InChI is InChI=1S/C18H18N4O2S/c19-12-14-3-1-4-15(11-14)20-17(23)13-21-6-8-22(9-7-21)18(24)16-5-2-10-25-16/h1-5,10-11H,6-9,13H2,(H,20,23). The molecule has 1 aliphatic rings. The molecule has 0 atom stereocenters. The number of hydrogen-bond donors (Lipinski definition) is 1. The van der Waals surface area contributed by atoms with Gasteiger partial charge in [-0.1, -0.05) is 12.1 Å². The molecule has 0 unspecified atom stereocenters. The van der Waals surface area contributed by atoms with E-state index in [0.717, 1.165) is 4.88 Å². The van der Waals surface area contributed by atoms with Crippen LogP contribution in [0, 0.1) is 11.3 Å². The molecule has 1 N–H and O–H groups in total. The Labute approximate surface area is 150 Å². The molecule has 2 heterocycles. The number of carbonyl (C=O) groups is 2. The van der Waals surface area contributed by atoms with E-state index in [2.05, 4.69) is 11.4 Å². The van der Waals surface area contributed by atoms with E-state index in [1.165, 1.54) is 11.3 Å². The van der Waals surface area contributed by atoms with Crippen LogP contribution >= 0.6 is 11.3 Å². The minimum atomic E-state index is -0.117. The molecule has 6 nitrogen and oxygen atoms in total. The van der Waals surface area contributed by atoms with E-state index in [0.29, 0.717) is 37.4 Å². The van der Waals surface area contributed by atoms with Crippen molar-refractivity contribution in [2.24, 2.45) is 0 Å². The highest BCUT2D eigenvalue weighted by Crippen LogP contribution is 2.14. The van der Waals surface area contributed by atoms with Gasteiger partial charge >= 0.3 is 0 Å². The van der Waals surface area contributed by atoms with Gasteiger partial charge in [-0.05, 0) is 29.6 Å². The zero-order valence-corrected chi connectivity index (χ0v) is 14.5. The molecule has 1 fully saturated rings. The number of piperazine rings is 1. The number of anilines is 1. The van der Waals surface area contributed by atoms with Crippen LogP contribution in [0.15, 0.2) is 41.8 Å². The van der Waals surface area contributed by atoms with Gasteiger partial charge in [0.05, 0.1) is 23.1 Å². The van der Waals surface area contributed by atoms with Crippen molar-refractivity contribution in [2.75, 3.05) is 38.0 Å². The van der Waals surface area contributed by atoms with E-state index in [1.807, 2.05) is 27.3 Å². The summed E-state index contributed by atoms with van der Waals surface area (Å²) < 4.78 is 0. The summed E-state index contributed by atoms with van der Waals surface area (Å²) >= 11 is 1.45. The van der Waals surface area contributed by atoms with Crippen LogP contribution in [0.5, 0.6) is 0 Å². The van der Waals surface area contributed by atoms with Gasteiger partial charge in [0.15, 0.2) is 0 Å². The second-order valence-electron chi connectivity index (χ2n) is 5.79. The summed E-state index contributed by atoms with van der Waals surface area (Å²) in [6.45, 7) is 2.85. The number of carbonyl (C=O) groups excluding carboxylic acids is 2. The van der Waals surface area contributed by atoms with Crippen LogP contribution in [0.4, 0.5) is 5.69 Å². The molecule has 7 heteroatoms. The van der Waals surface area contributed by atoms with E-state index < -0.39 is 0 Å². The summed E-state index contributed by atoms with van der Waals surface area (Å²) in [5.74, 6) is -0.0551. The number of nitrogens with zero attached hydrogens (tertiary/aromatic N) is 3. The average molecular weight is 354 g/mol. The van der Waals surface area contributed by atoms with Crippen LogP contribution in [0.1, 0.15) is 15.2 Å². The molecule has 1 aromatic heterocycles. The first-order valence-corrected chi connectivity index (χ1v) is 8.89. The zero-order chi connectivity index (χ0) is 17.6. The van der Waals surface area contributed by atoms with Gasteiger partial charge in [-0.3, -0.25) is 14.5 Å². The smallest absolute Gasteiger partial charge is 0.264 e. The lowest BCUT2D eigenvalue weighted by Gasteiger charge is -2.34. The van der Waals surface area contributed by atoms with Gasteiger partial charge in [0.2, 0.25) is 5.91 Å². The summed E-state index contributed by atoms with van der Waals surface area (Å²) in [7, 11) is 0. The molecular weight excluding hydrogens is 336 g/mol. The number of rotatable bonds is 4. The number of amides is 2. The Morgan fingerprint density at radius 2 is 1.96 bits per heavy atom. The van der Waals surface area contributed by atoms with Crippen molar-refractivity contribution in [1.82, 2.24) is 9.80 Å². The van der Waals surface area contributed by atoms with Crippen LogP contribution in [0.3, 0.4) is 0 Å². The summed E-state index contributed by atoms with van der Waals surface area (Å²) in [4.78, 5) is 29.1. The largest absolute Gasteiger partial charge is 0.335 e. The lowest BCUT2D eigenvalue weighted by Crippen LogP contribution is -2.50. The molecule has 0 saturated carbocycles. The Morgan fingerprint density at radius 1 is 1.16 bits per heavy atom. The lowest BCUT2D eigenvalue weighted by atomic mass is 10.2. The van der Waals surface area contributed by atoms with E-state index in [9.17, 15) is 9.59 Å². The van der Waals surface area contributed by atoms with Crippen LogP contribution < -0.4 is 5.32 Å². The average Bonchev–Trinajstić information content (AvgIpc) is 3.16. The highest BCUT2D eigenvalue weighted by molar-refractivity contribution is 7.12. The highest BCUT2D eigenvalue weighted by atomic mass is 32.1. The number of nitriles is 1. The minimum Gasteiger partial charge on any atom is -0.335 e. The Kier molecular flexibility index (Phi) is 5.43. The van der Waals surface area contributed by atoms with Crippen LogP contribution in [-0.2, 0) is 4.79 Å². The molecule has 1 saturated heterocycles. The third-order valence-electron chi connectivity index (χ3n) is 4.03. The molecule has 0 radical (unpaired) electrons. The van der Waals surface area contributed by atoms with Crippen molar-refractivity contribution in [3.05, 3.63) is 52.2 Å². The Bertz CT molecular complexity index is 790. The summed E-state index contributed by atoms with van der Waals surface area (Å²) in [5, 5.41) is 13.6. The van der Waals surface area contributed by atoms with Crippen molar-refractivity contribution < 1.29 is 9.59 Å². The molecule has 1 aliphatic heterocycles. The molecule has 1 aromatic carbocycles. The monoisotopic (exact) mass is 354 g/mol. The first kappa shape index (κ1) is 17.1. The number of nitrogens with one attached hydrogen (secondary N) is 1. The number of hydrogen-bond acceptors (Lipinski definition) is 5. The Hall–Kier alpha value is -2.69. The van der Waals surface area contributed by atoms with Gasteiger partial charge in [-0.15, -0.1) is 11.3 Å². The summed E-state index contributed by atoms with van der Waals surface area (Å²) in [6, 6.07) is 12.6. The van der Waals surface area contributed by atoms with E-state index >= 15 is 0 Å². The fourth-order valence-corrected chi connectivity index (χ4v) is 3.43. The van der Waals surface area contributed by atoms with E-state index in [4.69, 9.17) is 5.26 Å². The van der Waals surface area contributed by atoms with Gasteiger partial charge < -0.3 is 10.2 Å². The number of thiophene rings is 1. The van der Waals surface area contributed by atoms with Crippen LogP contribution in [0.25, 0.3) is 0 Å². The SMILES string of the molecule is N#Cc1cccc(NC(=O)CN2CCN(C(=O)c3cccs3)CC2)c1. The normalized spacial score (nSPS) is 14.8. The second kappa shape index (κ2) is 7.92. The van der Waals surface area contributed by atoms with Gasteiger partial charge in [0.1, 0.15) is 0 Å². The predicted molar refractivity (Wildman–Crippen MR) is 96.4 cm³/mol. The molecule has 0 spiro atoms. The molecular formula is C18H18N4O2S. The Morgan fingerprint density at radius 3 is 2.64 bits per heavy atom. The predicted octanol–water partition coefficient (Wildman–Crippen LogP) is 2.02. The van der Waals surface area contributed by atoms with Crippen molar-refractivity contribution in [3.8, 4) is 6.07 Å². The van der Waals surface area contributed by atoms with Gasteiger partial charge in [0.25, 0.3) is 5.91 Å². The third kappa shape index (κ3) is 4.44. The van der Waals surface area contributed by atoms with Crippen molar-refractivity contribution in [2.45, 2.75) is 0 Å². The first-order valence-electron chi connectivity index (χ1n) is 8.01. The minimum absolute atomic E-state index is 0.0624. The maximum Gasteiger partial charge on any atom is 0.264 e. The van der Waals surface area contributed by atoms with Crippen molar-refractivity contribution in [3.63, 3.8) is 0 Å². The second-order valence-corrected chi connectivity index (χ2v) is 6.73. The topological polar surface area (TPSA) is 76.4 Å². The lowest BCUT2D eigenvalue weighted by molar-refractivity contribution is -0.117.